The zero-order valence-electron chi connectivity index (χ0n) is 17.3. The van der Waals surface area contributed by atoms with E-state index in [1.807, 2.05) is 45.3 Å². The van der Waals surface area contributed by atoms with Gasteiger partial charge in [0.15, 0.2) is 0 Å². The lowest BCUT2D eigenvalue weighted by Gasteiger charge is -2.19. The summed E-state index contributed by atoms with van der Waals surface area (Å²) in [5.74, 6) is 0.878. The first-order valence-electron chi connectivity index (χ1n) is 9.93. The van der Waals surface area contributed by atoms with Gasteiger partial charge in [-0.3, -0.25) is 0 Å². The molecule has 2 nitrogen and oxygen atoms in total. The highest BCUT2D eigenvalue weighted by Crippen LogP contribution is 2.36. The summed E-state index contributed by atoms with van der Waals surface area (Å²) in [4.78, 5) is 2.11. The molecule has 0 saturated carbocycles. The molecule has 1 unspecified atom stereocenters. The normalized spacial score (nSPS) is 13.1. The number of halogens is 1. The Balaban J connectivity index is 2.05. The van der Waals surface area contributed by atoms with E-state index in [1.54, 1.807) is 0 Å². The Morgan fingerprint density at radius 1 is 0.793 bits per heavy atom. The first-order valence-corrected chi connectivity index (χ1v) is 10.4. The van der Waals surface area contributed by atoms with Gasteiger partial charge in [0.05, 0.1) is 5.38 Å². The Hall–Kier alpha value is -2.55. The van der Waals surface area contributed by atoms with Crippen LogP contribution in [0.1, 0.15) is 23.6 Å². The molecule has 0 aliphatic heterocycles. The molecule has 0 aliphatic carbocycles. The van der Waals surface area contributed by atoms with Crippen molar-refractivity contribution >= 4 is 22.7 Å². The lowest BCUT2D eigenvalue weighted by molar-refractivity contribution is 0.261. The summed E-state index contributed by atoms with van der Waals surface area (Å²) in [5, 5.41) is -0.136. The fraction of sp³-hybridized carbons (Fsp3) is 0.231. The van der Waals surface area contributed by atoms with E-state index in [0.717, 1.165) is 40.1 Å². The van der Waals surface area contributed by atoms with Crippen LogP contribution in [0.25, 0.3) is 11.1 Å². The number of alkyl halides is 1. The Labute approximate surface area is 179 Å². The third-order valence-electron chi connectivity index (χ3n) is 4.76. The highest BCUT2D eigenvalue weighted by molar-refractivity contribution is 6.28. The van der Waals surface area contributed by atoms with E-state index in [4.69, 9.17) is 16.3 Å². The standard InChI is InChI=1S/C26H28ClNO/c1-20(27)25(21-10-6-4-7-11-21)26(22-12-8-5-9-13-22)23-14-16-24(17-15-23)29-19-18-28(2)3/h4-17,20H,18-19H2,1-3H3. The van der Waals surface area contributed by atoms with Gasteiger partial charge in [0.2, 0.25) is 0 Å². The minimum absolute atomic E-state index is 0.136. The fourth-order valence-electron chi connectivity index (χ4n) is 3.34. The van der Waals surface area contributed by atoms with E-state index in [0.29, 0.717) is 6.61 Å². The molecule has 0 amide bonds. The van der Waals surface area contributed by atoms with Crippen LogP contribution in [0.15, 0.2) is 84.9 Å². The largest absolute Gasteiger partial charge is 0.492 e. The highest BCUT2D eigenvalue weighted by atomic mass is 35.5. The van der Waals surface area contributed by atoms with E-state index in [9.17, 15) is 0 Å². The number of hydrogen-bond donors (Lipinski definition) is 0. The van der Waals surface area contributed by atoms with Crippen LogP contribution in [0.5, 0.6) is 5.75 Å². The molecule has 0 saturated heterocycles. The van der Waals surface area contributed by atoms with Gasteiger partial charge in [-0.2, -0.15) is 0 Å². The molecule has 3 aromatic rings. The molecule has 150 valence electrons. The third kappa shape index (κ3) is 5.72. The molecule has 0 spiro atoms. The molecule has 3 heteroatoms. The van der Waals surface area contributed by atoms with Crippen LogP contribution in [0.4, 0.5) is 0 Å². The van der Waals surface area contributed by atoms with Crippen molar-refractivity contribution in [2.24, 2.45) is 0 Å². The van der Waals surface area contributed by atoms with Gasteiger partial charge in [0.1, 0.15) is 12.4 Å². The maximum absolute atomic E-state index is 6.72. The number of allylic oxidation sites excluding steroid dienone is 1. The summed E-state index contributed by atoms with van der Waals surface area (Å²) in [5.41, 5.74) is 5.70. The molecule has 0 fully saturated rings. The van der Waals surface area contributed by atoms with Crippen molar-refractivity contribution in [1.82, 2.24) is 4.90 Å². The minimum Gasteiger partial charge on any atom is -0.492 e. The van der Waals surface area contributed by atoms with E-state index < -0.39 is 0 Å². The van der Waals surface area contributed by atoms with E-state index in [2.05, 4.69) is 65.6 Å². The van der Waals surface area contributed by atoms with Gasteiger partial charge in [-0.05, 0) is 61.0 Å². The van der Waals surface area contributed by atoms with E-state index >= 15 is 0 Å². The predicted molar refractivity (Wildman–Crippen MR) is 125 cm³/mol. The lowest BCUT2D eigenvalue weighted by atomic mass is 9.88. The quantitative estimate of drug-likeness (QED) is 0.326. The molecule has 1 atom stereocenters. The SMILES string of the molecule is CC(Cl)C(=C(c1ccccc1)c1ccc(OCCN(C)C)cc1)c1ccccc1. The molecule has 0 bridgehead atoms. The number of likely N-dealkylation sites (N-methyl/N-ethyl adjacent to an activating group) is 1. The summed E-state index contributed by atoms with van der Waals surface area (Å²) in [6.07, 6.45) is 0. The predicted octanol–water partition coefficient (Wildman–Crippen LogP) is 6.21. The van der Waals surface area contributed by atoms with Gasteiger partial charge < -0.3 is 9.64 Å². The monoisotopic (exact) mass is 405 g/mol. The molecule has 0 aromatic heterocycles. The molecule has 29 heavy (non-hydrogen) atoms. The second kappa shape index (κ2) is 10.3. The van der Waals surface area contributed by atoms with Crippen LogP contribution in [0.3, 0.4) is 0 Å². The van der Waals surface area contributed by atoms with Gasteiger partial charge in [-0.1, -0.05) is 72.8 Å². The van der Waals surface area contributed by atoms with Crippen LogP contribution >= 0.6 is 11.6 Å². The summed E-state index contributed by atoms with van der Waals surface area (Å²) in [6, 6.07) is 29.1. The lowest BCUT2D eigenvalue weighted by Crippen LogP contribution is -2.19. The zero-order chi connectivity index (χ0) is 20.6. The average Bonchev–Trinajstić information content (AvgIpc) is 2.73. The van der Waals surface area contributed by atoms with Crippen molar-refractivity contribution in [3.8, 4) is 5.75 Å². The third-order valence-corrected chi connectivity index (χ3v) is 4.98. The van der Waals surface area contributed by atoms with Crippen molar-refractivity contribution in [1.29, 1.82) is 0 Å². The molecule has 0 aliphatic rings. The van der Waals surface area contributed by atoms with Gasteiger partial charge in [-0.25, -0.2) is 0 Å². The molecule has 0 heterocycles. The van der Waals surface area contributed by atoms with Crippen LogP contribution in [0.2, 0.25) is 0 Å². The molecule has 0 N–H and O–H groups in total. The average molecular weight is 406 g/mol. The van der Waals surface area contributed by atoms with Gasteiger partial charge in [0, 0.05) is 6.54 Å². The van der Waals surface area contributed by atoms with Gasteiger partial charge >= 0.3 is 0 Å². The van der Waals surface area contributed by atoms with Crippen molar-refractivity contribution in [2.75, 3.05) is 27.2 Å². The zero-order valence-corrected chi connectivity index (χ0v) is 18.1. The van der Waals surface area contributed by atoms with Crippen LogP contribution in [-0.2, 0) is 0 Å². The van der Waals surface area contributed by atoms with Crippen molar-refractivity contribution < 1.29 is 4.74 Å². The Morgan fingerprint density at radius 3 is 1.83 bits per heavy atom. The summed E-state index contributed by atoms with van der Waals surface area (Å²) >= 11 is 6.72. The first kappa shape index (κ1) is 21.2. The van der Waals surface area contributed by atoms with Gasteiger partial charge in [-0.15, -0.1) is 11.6 Å². The maximum Gasteiger partial charge on any atom is 0.119 e. The summed E-state index contributed by atoms with van der Waals surface area (Å²) < 4.78 is 5.87. The number of hydrogen-bond acceptors (Lipinski definition) is 2. The van der Waals surface area contributed by atoms with Gasteiger partial charge in [0.25, 0.3) is 0 Å². The van der Waals surface area contributed by atoms with Crippen molar-refractivity contribution in [3.05, 3.63) is 102 Å². The molecule has 0 radical (unpaired) electrons. The van der Waals surface area contributed by atoms with E-state index in [1.165, 1.54) is 0 Å². The Bertz CT molecular complexity index is 916. The smallest absolute Gasteiger partial charge is 0.119 e. The number of rotatable bonds is 8. The van der Waals surface area contributed by atoms with Crippen molar-refractivity contribution in [2.45, 2.75) is 12.3 Å². The summed E-state index contributed by atoms with van der Waals surface area (Å²) in [7, 11) is 4.09. The molecular formula is C26H28ClNO. The van der Waals surface area contributed by atoms with Crippen molar-refractivity contribution in [3.63, 3.8) is 0 Å². The van der Waals surface area contributed by atoms with E-state index in [-0.39, 0.29) is 5.38 Å². The molecule has 3 aromatic carbocycles. The second-order valence-electron chi connectivity index (χ2n) is 7.31. The number of nitrogens with zero attached hydrogens (tertiary/aromatic N) is 1. The Morgan fingerprint density at radius 2 is 1.31 bits per heavy atom. The van der Waals surface area contributed by atoms with Crippen LogP contribution in [0, 0.1) is 0 Å². The Kier molecular flexibility index (Phi) is 7.51. The highest BCUT2D eigenvalue weighted by Gasteiger charge is 2.18. The minimum atomic E-state index is -0.136. The van der Waals surface area contributed by atoms with Crippen LogP contribution in [-0.4, -0.2) is 37.5 Å². The number of ether oxygens (including phenoxy) is 1. The number of benzene rings is 3. The topological polar surface area (TPSA) is 12.5 Å². The molecular weight excluding hydrogens is 378 g/mol. The summed E-state index contributed by atoms with van der Waals surface area (Å²) in [6.45, 7) is 3.59. The first-order chi connectivity index (χ1) is 14.1. The van der Waals surface area contributed by atoms with Crippen LogP contribution < -0.4 is 4.74 Å². The fourth-order valence-corrected chi connectivity index (χ4v) is 3.57. The second-order valence-corrected chi connectivity index (χ2v) is 7.97. The molecule has 3 rings (SSSR count). The maximum atomic E-state index is 6.72.